The highest BCUT2D eigenvalue weighted by Gasteiger charge is 2.56. The first-order chi connectivity index (χ1) is 10.5. The van der Waals surface area contributed by atoms with E-state index in [1.807, 2.05) is 26.0 Å². The number of para-hydroxylation sites is 2. The van der Waals surface area contributed by atoms with Crippen LogP contribution < -0.4 is 15.4 Å². The molecule has 2 amide bonds. The van der Waals surface area contributed by atoms with Gasteiger partial charge in [-0.05, 0) is 38.8 Å². The predicted octanol–water partition coefficient (Wildman–Crippen LogP) is 2.49. The van der Waals surface area contributed by atoms with Crippen LogP contribution in [0.3, 0.4) is 0 Å². The van der Waals surface area contributed by atoms with E-state index in [0.717, 1.165) is 0 Å². The molecule has 5 nitrogen and oxygen atoms in total. The van der Waals surface area contributed by atoms with Crippen molar-refractivity contribution in [3.8, 4) is 5.75 Å². The molecule has 1 saturated carbocycles. The summed E-state index contributed by atoms with van der Waals surface area (Å²) in [6.45, 7) is 7.76. The number of hydrogen-bond donors (Lipinski definition) is 2. The smallest absolute Gasteiger partial charge is 0.240 e. The zero-order valence-electron chi connectivity index (χ0n) is 13.0. The van der Waals surface area contributed by atoms with Crippen molar-refractivity contribution in [3.05, 3.63) is 36.9 Å². The van der Waals surface area contributed by atoms with Gasteiger partial charge in [-0.3, -0.25) is 9.59 Å². The van der Waals surface area contributed by atoms with E-state index in [9.17, 15) is 9.59 Å². The second-order valence-electron chi connectivity index (χ2n) is 5.70. The lowest BCUT2D eigenvalue weighted by atomic mass is 10.0. The number of carbonyl (C=O) groups is 2. The van der Waals surface area contributed by atoms with E-state index in [4.69, 9.17) is 4.74 Å². The highest BCUT2D eigenvalue weighted by Crippen LogP contribution is 2.47. The Morgan fingerprint density at radius 2 is 2.00 bits per heavy atom. The van der Waals surface area contributed by atoms with Gasteiger partial charge in [0.15, 0.2) is 0 Å². The van der Waals surface area contributed by atoms with Gasteiger partial charge in [-0.2, -0.15) is 0 Å². The van der Waals surface area contributed by atoms with Crippen molar-refractivity contribution < 1.29 is 14.3 Å². The highest BCUT2D eigenvalue weighted by atomic mass is 16.5. The van der Waals surface area contributed by atoms with Crippen molar-refractivity contribution >= 4 is 17.5 Å². The number of hydrogen-bond acceptors (Lipinski definition) is 3. The Morgan fingerprint density at radius 1 is 1.32 bits per heavy atom. The molecule has 2 rings (SSSR count). The molecule has 1 aliphatic rings. The molecule has 5 heteroatoms. The minimum atomic E-state index is -0.950. The molecule has 0 radical (unpaired) electrons. The molecule has 1 aromatic carbocycles. The Labute approximate surface area is 130 Å². The summed E-state index contributed by atoms with van der Waals surface area (Å²) in [5.41, 5.74) is -0.363. The topological polar surface area (TPSA) is 67.4 Å². The zero-order chi connectivity index (χ0) is 16.2. The van der Waals surface area contributed by atoms with Crippen molar-refractivity contribution in [1.29, 1.82) is 0 Å². The van der Waals surface area contributed by atoms with Crippen LogP contribution in [0.25, 0.3) is 0 Å². The third-order valence-electron chi connectivity index (χ3n) is 3.52. The minimum Gasteiger partial charge on any atom is -0.489 e. The first kappa shape index (κ1) is 16.1. The molecule has 1 fully saturated rings. The van der Waals surface area contributed by atoms with E-state index < -0.39 is 5.41 Å². The van der Waals surface area contributed by atoms with Crippen LogP contribution in [0.15, 0.2) is 36.9 Å². The number of anilines is 1. The largest absolute Gasteiger partial charge is 0.489 e. The maximum absolute atomic E-state index is 12.5. The average Bonchev–Trinajstić information content (AvgIpc) is 3.28. The molecule has 0 saturated heterocycles. The summed E-state index contributed by atoms with van der Waals surface area (Å²) in [4.78, 5) is 24.6. The standard InChI is InChI=1S/C17H22N2O3/c1-4-11-18-15(20)17(9-10-17)16(21)19-13-7-5-6-8-14(13)22-12(2)3/h4-8,12H,1,9-11H2,2-3H3,(H,18,20)(H,19,21). The molecule has 1 aromatic rings. The fourth-order valence-corrected chi connectivity index (χ4v) is 2.18. The SMILES string of the molecule is C=CCNC(=O)C1(C(=O)Nc2ccccc2OC(C)C)CC1. The van der Waals surface area contributed by atoms with Gasteiger partial charge in [0.1, 0.15) is 11.2 Å². The second-order valence-corrected chi connectivity index (χ2v) is 5.70. The summed E-state index contributed by atoms with van der Waals surface area (Å²) in [7, 11) is 0. The minimum absolute atomic E-state index is 0.00354. The van der Waals surface area contributed by atoms with Crippen LogP contribution in [0.1, 0.15) is 26.7 Å². The van der Waals surface area contributed by atoms with Gasteiger partial charge in [0, 0.05) is 6.54 Å². The average molecular weight is 302 g/mol. The van der Waals surface area contributed by atoms with E-state index >= 15 is 0 Å². The number of benzene rings is 1. The lowest BCUT2D eigenvalue weighted by Gasteiger charge is -2.18. The molecule has 118 valence electrons. The third-order valence-corrected chi connectivity index (χ3v) is 3.52. The van der Waals surface area contributed by atoms with Gasteiger partial charge >= 0.3 is 0 Å². The zero-order valence-corrected chi connectivity index (χ0v) is 13.0. The third kappa shape index (κ3) is 3.47. The van der Waals surface area contributed by atoms with Gasteiger partial charge in [0.05, 0.1) is 11.8 Å². The lowest BCUT2D eigenvalue weighted by Crippen LogP contribution is -2.40. The number of carbonyl (C=O) groups excluding carboxylic acids is 2. The van der Waals surface area contributed by atoms with Crippen molar-refractivity contribution in [2.75, 3.05) is 11.9 Å². The van der Waals surface area contributed by atoms with Crippen LogP contribution >= 0.6 is 0 Å². The Balaban J connectivity index is 2.09. The molecule has 0 heterocycles. The van der Waals surface area contributed by atoms with Crippen LogP contribution in [0.2, 0.25) is 0 Å². The van der Waals surface area contributed by atoms with E-state index in [1.54, 1.807) is 18.2 Å². The Bertz CT molecular complexity index is 577. The van der Waals surface area contributed by atoms with Crippen LogP contribution in [0.5, 0.6) is 5.75 Å². The van der Waals surface area contributed by atoms with Gasteiger partial charge < -0.3 is 15.4 Å². The van der Waals surface area contributed by atoms with Crippen LogP contribution in [0, 0.1) is 5.41 Å². The highest BCUT2D eigenvalue weighted by molar-refractivity contribution is 6.13. The predicted molar refractivity (Wildman–Crippen MR) is 85.7 cm³/mol. The molecule has 0 atom stereocenters. The van der Waals surface area contributed by atoms with Crippen molar-refractivity contribution in [1.82, 2.24) is 5.32 Å². The fraction of sp³-hybridized carbons (Fsp3) is 0.412. The summed E-state index contributed by atoms with van der Waals surface area (Å²) in [5, 5.41) is 5.52. The van der Waals surface area contributed by atoms with Crippen LogP contribution in [-0.4, -0.2) is 24.5 Å². The van der Waals surface area contributed by atoms with E-state index in [0.29, 0.717) is 30.8 Å². The Morgan fingerprint density at radius 3 is 2.59 bits per heavy atom. The Hall–Kier alpha value is -2.30. The second kappa shape index (κ2) is 6.64. The first-order valence-electron chi connectivity index (χ1n) is 7.46. The molecule has 0 bridgehead atoms. The summed E-state index contributed by atoms with van der Waals surface area (Å²) in [5.74, 6) is 0.0779. The molecule has 0 aliphatic heterocycles. The normalized spacial score (nSPS) is 15.0. The molecular weight excluding hydrogens is 280 g/mol. The van der Waals surface area contributed by atoms with Gasteiger partial charge in [0.25, 0.3) is 0 Å². The van der Waals surface area contributed by atoms with Crippen molar-refractivity contribution in [2.24, 2.45) is 5.41 Å². The fourth-order valence-electron chi connectivity index (χ4n) is 2.18. The maximum Gasteiger partial charge on any atom is 0.240 e. The van der Waals surface area contributed by atoms with E-state index in [1.165, 1.54) is 0 Å². The molecule has 0 spiro atoms. The van der Waals surface area contributed by atoms with Crippen LogP contribution in [0.4, 0.5) is 5.69 Å². The monoisotopic (exact) mass is 302 g/mol. The summed E-state index contributed by atoms with van der Waals surface area (Å²) in [6, 6.07) is 7.23. The molecule has 22 heavy (non-hydrogen) atoms. The summed E-state index contributed by atoms with van der Waals surface area (Å²) < 4.78 is 5.68. The molecule has 0 unspecified atom stereocenters. The quantitative estimate of drug-likeness (QED) is 0.600. The molecule has 2 N–H and O–H groups in total. The number of rotatable bonds is 7. The van der Waals surface area contributed by atoms with Crippen LogP contribution in [-0.2, 0) is 9.59 Å². The summed E-state index contributed by atoms with van der Waals surface area (Å²) in [6.07, 6.45) is 2.73. The summed E-state index contributed by atoms with van der Waals surface area (Å²) >= 11 is 0. The van der Waals surface area contributed by atoms with Crippen molar-refractivity contribution in [3.63, 3.8) is 0 Å². The Kier molecular flexibility index (Phi) is 4.85. The number of ether oxygens (including phenoxy) is 1. The first-order valence-corrected chi connectivity index (χ1v) is 7.46. The number of amides is 2. The van der Waals surface area contributed by atoms with Gasteiger partial charge in [-0.25, -0.2) is 0 Å². The van der Waals surface area contributed by atoms with Crippen molar-refractivity contribution in [2.45, 2.75) is 32.8 Å². The lowest BCUT2D eigenvalue weighted by molar-refractivity contribution is -0.134. The molecule has 0 aromatic heterocycles. The molecular formula is C17H22N2O3. The van der Waals surface area contributed by atoms with E-state index in [-0.39, 0.29) is 17.9 Å². The van der Waals surface area contributed by atoms with Gasteiger partial charge in [0.2, 0.25) is 11.8 Å². The maximum atomic E-state index is 12.5. The van der Waals surface area contributed by atoms with Gasteiger partial charge in [-0.1, -0.05) is 18.2 Å². The molecule has 1 aliphatic carbocycles. The van der Waals surface area contributed by atoms with Gasteiger partial charge in [-0.15, -0.1) is 6.58 Å². The van der Waals surface area contributed by atoms with E-state index in [2.05, 4.69) is 17.2 Å². The number of nitrogens with one attached hydrogen (secondary N) is 2.